The molecule has 3 nitrogen and oxygen atoms in total. The van der Waals surface area contributed by atoms with E-state index in [4.69, 9.17) is 4.74 Å². The Hall–Kier alpha value is -1.52. The van der Waals surface area contributed by atoms with Crippen molar-refractivity contribution in [2.24, 2.45) is 0 Å². The highest BCUT2D eigenvalue weighted by Crippen LogP contribution is 2.31. The second-order valence-corrected chi connectivity index (χ2v) is 5.91. The van der Waals surface area contributed by atoms with Gasteiger partial charge in [0.05, 0.1) is 7.11 Å². The summed E-state index contributed by atoms with van der Waals surface area (Å²) in [4.78, 5) is 0. The Morgan fingerprint density at radius 3 is 2.38 bits per heavy atom. The molecule has 0 saturated carbocycles. The van der Waals surface area contributed by atoms with Crippen molar-refractivity contribution in [2.75, 3.05) is 7.11 Å². The van der Waals surface area contributed by atoms with Gasteiger partial charge in [-0.1, -0.05) is 34.1 Å². The van der Waals surface area contributed by atoms with Crippen LogP contribution in [0.15, 0.2) is 46.9 Å². The van der Waals surface area contributed by atoms with Gasteiger partial charge in [-0.05, 0) is 43.7 Å². The van der Waals surface area contributed by atoms with Crippen LogP contribution in [0.4, 0.5) is 0 Å². The van der Waals surface area contributed by atoms with Gasteiger partial charge < -0.3 is 15.2 Å². The zero-order valence-corrected chi connectivity index (χ0v) is 14.0. The Morgan fingerprint density at radius 2 is 1.71 bits per heavy atom. The van der Waals surface area contributed by atoms with E-state index in [0.717, 1.165) is 15.8 Å². The van der Waals surface area contributed by atoms with E-state index in [1.807, 2.05) is 31.2 Å². The van der Waals surface area contributed by atoms with E-state index >= 15 is 0 Å². The average molecular weight is 350 g/mol. The van der Waals surface area contributed by atoms with Crippen LogP contribution >= 0.6 is 15.9 Å². The summed E-state index contributed by atoms with van der Waals surface area (Å²) in [5, 5.41) is 13.5. The van der Waals surface area contributed by atoms with Gasteiger partial charge in [0.1, 0.15) is 11.5 Å². The van der Waals surface area contributed by atoms with Crippen molar-refractivity contribution in [3.63, 3.8) is 0 Å². The van der Waals surface area contributed by atoms with E-state index in [9.17, 15) is 5.11 Å². The molecule has 0 amide bonds. The van der Waals surface area contributed by atoms with Gasteiger partial charge >= 0.3 is 0 Å². The van der Waals surface area contributed by atoms with Crippen LogP contribution in [0.25, 0.3) is 0 Å². The summed E-state index contributed by atoms with van der Waals surface area (Å²) in [5.74, 6) is 1.01. The Kier molecular flexibility index (Phi) is 5.26. The molecule has 0 spiro atoms. The van der Waals surface area contributed by atoms with E-state index < -0.39 is 0 Å². The first-order chi connectivity index (χ1) is 10.0. The SMILES string of the molecule is COc1ccc(O)c(C(C)N[C@@H](C)c2ccccc2Br)c1. The van der Waals surface area contributed by atoms with Gasteiger partial charge in [0.2, 0.25) is 0 Å². The summed E-state index contributed by atoms with van der Waals surface area (Å²) < 4.78 is 6.30. The summed E-state index contributed by atoms with van der Waals surface area (Å²) in [5.41, 5.74) is 2.01. The maximum Gasteiger partial charge on any atom is 0.120 e. The fraction of sp³-hybridized carbons (Fsp3) is 0.294. The Balaban J connectivity index is 2.18. The van der Waals surface area contributed by atoms with Crippen molar-refractivity contribution in [1.29, 1.82) is 0 Å². The van der Waals surface area contributed by atoms with Crippen molar-refractivity contribution in [3.8, 4) is 11.5 Å². The number of phenolic OH excluding ortho intramolecular Hbond substituents is 1. The number of aromatic hydroxyl groups is 1. The molecule has 2 aromatic carbocycles. The number of ether oxygens (including phenoxy) is 1. The van der Waals surface area contributed by atoms with Crippen molar-refractivity contribution < 1.29 is 9.84 Å². The van der Waals surface area contributed by atoms with Gasteiger partial charge in [0.15, 0.2) is 0 Å². The van der Waals surface area contributed by atoms with E-state index in [0.29, 0.717) is 0 Å². The monoisotopic (exact) mass is 349 g/mol. The first-order valence-electron chi connectivity index (χ1n) is 6.90. The predicted molar refractivity (Wildman–Crippen MR) is 88.8 cm³/mol. The van der Waals surface area contributed by atoms with Gasteiger partial charge in [-0.25, -0.2) is 0 Å². The molecule has 2 atom stereocenters. The van der Waals surface area contributed by atoms with Crippen LogP contribution in [0, 0.1) is 0 Å². The minimum atomic E-state index is 0.00204. The molecular formula is C17H20BrNO2. The number of nitrogens with one attached hydrogen (secondary N) is 1. The third-order valence-electron chi connectivity index (χ3n) is 3.57. The lowest BCUT2D eigenvalue weighted by Gasteiger charge is -2.22. The van der Waals surface area contributed by atoms with Crippen LogP contribution in [0.2, 0.25) is 0 Å². The topological polar surface area (TPSA) is 41.5 Å². The molecule has 0 aliphatic heterocycles. The highest BCUT2D eigenvalue weighted by atomic mass is 79.9. The summed E-state index contributed by atoms with van der Waals surface area (Å²) in [6, 6.07) is 13.6. The van der Waals surface area contributed by atoms with Crippen LogP contribution in [0.5, 0.6) is 11.5 Å². The van der Waals surface area contributed by atoms with Gasteiger partial charge in [-0.2, -0.15) is 0 Å². The highest BCUT2D eigenvalue weighted by molar-refractivity contribution is 9.10. The molecule has 1 unspecified atom stereocenters. The number of halogens is 1. The van der Waals surface area contributed by atoms with Crippen LogP contribution in [0.3, 0.4) is 0 Å². The lowest BCUT2D eigenvalue weighted by molar-refractivity contribution is 0.405. The lowest BCUT2D eigenvalue weighted by atomic mass is 10.0. The van der Waals surface area contributed by atoms with E-state index in [1.54, 1.807) is 19.2 Å². The molecule has 0 bridgehead atoms. The van der Waals surface area contributed by atoms with Crippen molar-refractivity contribution in [3.05, 3.63) is 58.1 Å². The summed E-state index contributed by atoms with van der Waals surface area (Å²) in [6.45, 7) is 4.13. The first kappa shape index (κ1) is 15.9. The molecule has 112 valence electrons. The number of hydrogen-bond acceptors (Lipinski definition) is 3. The molecule has 4 heteroatoms. The molecule has 0 aromatic heterocycles. The average Bonchev–Trinajstić information content (AvgIpc) is 2.48. The third-order valence-corrected chi connectivity index (χ3v) is 4.30. The van der Waals surface area contributed by atoms with Crippen molar-refractivity contribution >= 4 is 15.9 Å². The molecule has 2 N–H and O–H groups in total. The fourth-order valence-corrected chi connectivity index (χ4v) is 3.02. The molecule has 0 aliphatic rings. The Labute approximate surface area is 134 Å². The van der Waals surface area contributed by atoms with Crippen LogP contribution < -0.4 is 10.1 Å². The Bertz CT molecular complexity index is 615. The van der Waals surface area contributed by atoms with Gasteiger partial charge in [0.25, 0.3) is 0 Å². The molecule has 0 fully saturated rings. The number of methoxy groups -OCH3 is 1. The molecule has 21 heavy (non-hydrogen) atoms. The third kappa shape index (κ3) is 3.77. The minimum absolute atomic E-state index is 0.00204. The van der Waals surface area contributed by atoms with E-state index in [-0.39, 0.29) is 17.8 Å². The molecule has 2 rings (SSSR count). The lowest BCUT2D eigenvalue weighted by Crippen LogP contribution is -2.22. The maximum absolute atomic E-state index is 10.0. The van der Waals surface area contributed by atoms with Gasteiger partial charge in [-0.3, -0.25) is 0 Å². The molecule has 0 saturated heterocycles. The first-order valence-corrected chi connectivity index (χ1v) is 7.69. The highest BCUT2D eigenvalue weighted by Gasteiger charge is 2.16. The fourth-order valence-electron chi connectivity index (χ4n) is 2.39. The molecule has 0 radical (unpaired) electrons. The quantitative estimate of drug-likeness (QED) is 0.830. The molecule has 2 aromatic rings. The van der Waals surface area contributed by atoms with Crippen LogP contribution in [0.1, 0.15) is 37.1 Å². The predicted octanol–water partition coefficient (Wildman–Crippen LogP) is 4.58. The number of rotatable bonds is 5. The van der Waals surface area contributed by atoms with E-state index in [1.165, 1.54) is 5.56 Å². The van der Waals surface area contributed by atoms with Crippen LogP contribution in [-0.4, -0.2) is 12.2 Å². The van der Waals surface area contributed by atoms with Crippen LogP contribution in [-0.2, 0) is 0 Å². The number of phenols is 1. The second-order valence-electron chi connectivity index (χ2n) is 5.06. The largest absolute Gasteiger partial charge is 0.508 e. The number of benzene rings is 2. The number of hydrogen-bond donors (Lipinski definition) is 2. The van der Waals surface area contributed by atoms with Crippen molar-refractivity contribution in [2.45, 2.75) is 25.9 Å². The zero-order valence-electron chi connectivity index (χ0n) is 12.4. The normalized spacial score (nSPS) is 13.7. The van der Waals surface area contributed by atoms with E-state index in [2.05, 4.69) is 34.2 Å². The molecule has 0 heterocycles. The smallest absolute Gasteiger partial charge is 0.120 e. The molecule has 0 aliphatic carbocycles. The Morgan fingerprint density at radius 1 is 1.05 bits per heavy atom. The summed E-state index contributed by atoms with van der Waals surface area (Å²) in [7, 11) is 1.62. The maximum atomic E-state index is 10.0. The second kappa shape index (κ2) is 6.96. The minimum Gasteiger partial charge on any atom is -0.508 e. The van der Waals surface area contributed by atoms with Gasteiger partial charge in [0, 0.05) is 22.1 Å². The summed E-state index contributed by atoms with van der Waals surface area (Å²) >= 11 is 3.57. The van der Waals surface area contributed by atoms with Gasteiger partial charge in [-0.15, -0.1) is 0 Å². The molecular weight excluding hydrogens is 330 g/mol. The zero-order chi connectivity index (χ0) is 15.4. The van der Waals surface area contributed by atoms with Crippen molar-refractivity contribution in [1.82, 2.24) is 5.32 Å². The standard InChI is InChI=1S/C17H20BrNO2/c1-11(14-6-4-5-7-16(14)18)19-12(2)15-10-13(21-3)8-9-17(15)20/h4-12,19-20H,1-3H3/t11-,12?/m0/s1. The summed E-state index contributed by atoms with van der Waals surface area (Å²) in [6.07, 6.45) is 0.